The van der Waals surface area contributed by atoms with Crippen LogP contribution in [0.4, 0.5) is 0 Å². The molecule has 1 aromatic carbocycles. The molecule has 3 heteroatoms. The fraction of sp³-hybridized carbons (Fsp3) is 0.579. The van der Waals surface area contributed by atoms with Crippen molar-refractivity contribution in [3.63, 3.8) is 0 Å². The molecule has 0 radical (unpaired) electrons. The van der Waals surface area contributed by atoms with E-state index in [0.717, 1.165) is 0 Å². The third-order valence-electron chi connectivity index (χ3n) is 3.96. The molecule has 0 spiro atoms. The van der Waals surface area contributed by atoms with Gasteiger partial charge < -0.3 is 4.74 Å². The van der Waals surface area contributed by atoms with Crippen molar-refractivity contribution in [2.45, 2.75) is 72.3 Å². The number of hydrogen-bond acceptors (Lipinski definition) is 1. The summed E-state index contributed by atoms with van der Waals surface area (Å²) in [6.45, 7) is 15.4. The van der Waals surface area contributed by atoms with E-state index in [1.165, 1.54) is 27.8 Å². The quantitative estimate of drug-likeness (QED) is 0.489. The zero-order valence-corrected chi connectivity index (χ0v) is 16.2. The van der Waals surface area contributed by atoms with Crippen LogP contribution in [0.25, 0.3) is 0 Å². The summed E-state index contributed by atoms with van der Waals surface area (Å²) in [7, 11) is 0. The summed E-state index contributed by atoms with van der Waals surface area (Å²) in [4.78, 5) is 0. The minimum atomic E-state index is -0.126. The van der Waals surface area contributed by atoms with E-state index in [1.54, 1.807) is 0 Å². The summed E-state index contributed by atoms with van der Waals surface area (Å²) in [5.74, 6) is 1.36. The van der Waals surface area contributed by atoms with E-state index < -0.39 is 0 Å². The average molecular weight is 343 g/mol. The Morgan fingerprint density at radius 1 is 0.909 bits per heavy atom. The molecule has 1 aromatic rings. The van der Waals surface area contributed by atoms with Gasteiger partial charge in [-0.05, 0) is 58.5 Å². The molecule has 0 fully saturated rings. The molecule has 0 saturated heterocycles. The largest absolute Gasteiger partial charge is 0.474 e. The first-order valence-corrected chi connectivity index (χ1v) is 8.80. The summed E-state index contributed by atoms with van der Waals surface area (Å²) in [6, 6.07) is 4.63. The second kappa shape index (κ2) is 8.26. The van der Waals surface area contributed by atoms with E-state index in [0.29, 0.717) is 17.8 Å². The number of benzene rings is 1. The average Bonchev–Trinajstić information content (AvgIpc) is 2.44. The van der Waals surface area contributed by atoms with Gasteiger partial charge in [0.05, 0.1) is 5.54 Å². The normalized spacial score (nSPS) is 14.1. The van der Waals surface area contributed by atoms with Gasteiger partial charge in [0.25, 0.3) is 0 Å². The number of halogens is 2. The van der Waals surface area contributed by atoms with Crippen molar-refractivity contribution >= 4 is 23.2 Å². The third kappa shape index (κ3) is 4.67. The van der Waals surface area contributed by atoms with Crippen LogP contribution < -0.4 is 0 Å². The Balaban J connectivity index is 3.50. The Kier molecular flexibility index (Phi) is 7.28. The lowest BCUT2D eigenvalue weighted by molar-refractivity contribution is 0.151. The second-order valence-corrected chi connectivity index (χ2v) is 7.34. The minimum Gasteiger partial charge on any atom is -0.474 e. The minimum absolute atomic E-state index is 0.126. The van der Waals surface area contributed by atoms with E-state index in [2.05, 4.69) is 53.7 Å². The van der Waals surface area contributed by atoms with Crippen LogP contribution >= 0.6 is 23.2 Å². The highest BCUT2D eigenvalue weighted by Crippen LogP contribution is 2.37. The maximum absolute atomic E-state index is 5.96. The fourth-order valence-corrected chi connectivity index (χ4v) is 2.92. The molecule has 22 heavy (non-hydrogen) atoms. The van der Waals surface area contributed by atoms with Crippen LogP contribution in [0.1, 0.15) is 94.6 Å². The smallest absolute Gasteiger partial charge is 0.199 e. The fourth-order valence-electron chi connectivity index (χ4n) is 2.73. The van der Waals surface area contributed by atoms with Crippen molar-refractivity contribution in [2.75, 3.05) is 0 Å². The molecule has 1 atom stereocenters. The monoisotopic (exact) mass is 342 g/mol. The van der Waals surface area contributed by atoms with Crippen molar-refractivity contribution in [1.82, 2.24) is 0 Å². The molecule has 0 aliphatic rings. The van der Waals surface area contributed by atoms with Crippen LogP contribution in [0.2, 0.25) is 0 Å². The topological polar surface area (TPSA) is 9.23 Å². The molecule has 0 unspecified atom stereocenters. The van der Waals surface area contributed by atoms with Gasteiger partial charge in [-0.15, -0.1) is 0 Å². The van der Waals surface area contributed by atoms with Crippen LogP contribution in [0.3, 0.4) is 0 Å². The summed E-state index contributed by atoms with van der Waals surface area (Å²) in [5, 5.41) is 0.228. The molecule has 0 aliphatic heterocycles. The second-order valence-electron chi connectivity index (χ2n) is 6.75. The first kappa shape index (κ1) is 19.4. The van der Waals surface area contributed by atoms with Gasteiger partial charge in [0.15, 0.2) is 5.22 Å². The van der Waals surface area contributed by atoms with Gasteiger partial charge in [0.1, 0.15) is 6.10 Å². The molecule has 124 valence electrons. The third-order valence-corrected chi connectivity index (χ3v) is 4.47. The lowest BCUT2D eigenvalue weighted by Crippen LogP contribution is -2.11. The summed E-state index contributed by atoms with van der Waals surface area (Å²) >= 11 is 11.6. The van der Waals surface area contributed by atoms with Crippen LogP contribution in [0.5, 0.6) is 0 Å². The highest BCUT2D eigenvalue weighted by Gasteiger charge is 2.22. The van der Waals surface area contributed by atoms with Crippen LogP contribution in [-0.4, -0.2) is 0 Å². The molecule has 0 heterocycles. The molecule has 1 rings (SSSR count). The Bertz CT molecular complexity index is 501. The van der Waals surface area contributed by atoms with Gasteiger partial charge in [-0.25, -0.2) is 0 Å². The van der Waals surface area contributed by atoms with Gasteiger partial charge in [0, 0.05) is 0 Å². The van der Waals surface area contributed by atoms with Crippen molar-refractivity contribution in [1.29, 1.82) is 0 Å². The molecule has 1 nitrogen and oxygen atoms in total. The maximum atomic E-state index is 5.96. The van der Waals surface area contributed by atoms with Crippen molar-refractivity contribution in [2.24, 2.45) is 0 Å². The SMILES string of the molecule is CC(C)c1cc(C(C)C)c([C@@H](C)O/C(Cl)=C\Cl)c(C(C)C)c1. The molecular weight excluding hydrogens is 315 g/mol. The van der Waals surface area contributed by atoms with Crippen molar-refractivity contribution in [3.05, 3.63) is 45.1 Å². The summed E-state index contributed by atoms with van der Waals surface area (Å²) in [5.41, 5.74) is 6.56. The van der Waals surface area contributed by atoms with E-state index in [9.17, 15) is 0 Å². The molecule has 0 aromatic heterocycles. The summed E-state index contributed by atoms with van der Waals surface area (Å²) < 4.78 is 5.76. The lowest BCUT2D eigenvalue weighted by Gasteiger charge is -2.26. The van der Waals surface area contributed by atoms with Crippen molar-refractivity contribution in [3.8, 4) is 0 Å². The Morgan fingerprint density at radius 2 is 1.36 bits per heavy atom. The zero-order chi connectivity index (χ0) is 17.0. The van der Waals surface area contributed by atoms with Crippen LogP contribution in [0, 0.1) is 0 Å². The van der Waals surface area contributed by atoms with Gasteiger partial charge in [0.2, 0.25) is 0 Å². The molecule has 0 bridgehead atoms. The lowest BCUT2D eigenvalue weighted by atomic mass is 9.82. The van der Waals surface area contributed by atoms with Crippen LogP contribution in [-0.2, 0) is 4.74 Å². The highest BCUT2D eigenvalue weighted by atomic mass is 35.5. The molecule has 0 amide bonds. The van der Waals surface area contributed by atoms with Gasteiger partial charge >= 0.3 is 0 Å². The van der Waals surface area contributed by atoms with Gasteiger partial charge in [-0.1, -0.05) is 65.3 Å². The first-order valence-electron chi connectivity index (χ1n) is 7.99. The number of ether oxygens (including phenoxy) is 1. The van der Waals surface area contributed by atoms with Gasteiger partial charge in [-0.3, -0.25) is 0 Å². The molecule has 0 saturated carbocycles. The summed E-state index contributed by atoms with van der Waals surface area (Å²) in [6.07, 6.45) is -0.126. The van der Waals surface area contributed by atoms with Crippen molar-refractivity contribution < 1.29 is 4.74 Å². The van der Waals surface area contributed by atoms with Gasteiger partial charge in [-0.2, -0.15) is 0 Å². The number of rotatable bonds is 6. The predicted molar refractivity (Wildman–Crippen MR) is 98.0 cm³/mol. The predicted octanol–water partition coefficient (Wildman–Crippen LogP) is 7.41. The Morgan fingerprint density at radius 3 is 1.68 bits per heavy atom. The Hall–Kier alpha value is -0.660. The maximum Gasteiger partial charge on any atom is 0.199 e. The Labute approximate surface area is 145 Å². The highest BCUT2D eigenvalue weighted by molar-refractivity contribution is 6.35. The standard InChI is InChI=1S/C19H28Cl2O/c1-11(2)15-8-16(12(3)4)19(17(9-15)13(5)6)14(7)22-18(21)10-20/h8-14H,1-7H3/b18-10-/t14-/m1/s1. The van der Waals surface area contributed by atoms with Crippen LogP contribution in [0.15, 0.2) is 22.9 Å². The molecule has 0 aliphatic carbocycles. The zero-order valence-electron chi connectivity index (χ0n) is 14.7. The first-order chi connectivity index (χ1) is 10.2. The molecular formula is C19H28Cl2O. The number of hydrogen-bond donors (Lipinski definition) is 0. The molecule has 0 N–H and O–H groups in total. The van der Waals surface area contributed by atoms with E-state index in [4.69, 9.17) is 27.9 Å². The van der Waals surface area contributed by atoms with E-state index >= 15 is 0 Å². The van der Waals surface area contributed by atoms with E-state index in [1.807, 2.05) is 6.92 Å². The van der Waals surface area contributed by atoms with E-state index in [-0.39, 0.29) is 11.3 Å².